The number of nitro groups is 1. The number of nitrogens with zero attached hydrogens (tertiary/aromatic N) is 3. The zero-order valence-corrected chi connectivity index (χ0v) is 17.1. The first-order valence-corrected chi connectivity index (χ1v) is 9.78. The Hall–Kier alpha value is -2.64. The molecule has 6 nitrogen and oxygen atoms in total. The number of rotatable bonds is 4. The third-order valence-corrected chi connectivity index (χ3v) is 5.38. The summed E-state index contributed by atoms with van der Waals surface area (Å²) in [6.07, 6.45) is 1.63. The number of amidine groups is 1. The van der Waals surface area contributed by atoms with Crippen molar-refractivity contribution in [2.75, 3.05) is 0 Å². The van der Waals surface area contributed by atoms with E-state index in [9.17, 15) is 14.9 Å². The first-order valence-electron chi connectivity index (χ1n) is 8.58. The molecule has 3 rings (SSSR count). The van der Waals surface area contributed by atoms with Gasteiger partial charge in [0.25, 0.3) is 11.6 Å². The van der Waals surface area contributed by atoms with Crippen LogP contribution in [0.2, 0.25) is 5.02 Å². The van der Waals surface area contributed by atoms with E-state index in [1.807, 2.05) is 45.0 Å². The molecule has 0 aliphatic carbocycles. The number of carbonyl (C=O) groups excluding carboxylic acids is 1. The molecule has 0 atom stereocenters. The van der Waals surface area contributed by atoms with Gasteiger partial charge in [-0.2, -0.15) is 0 Å². The van der Waals surface area contributed by atoms with Gasteiger partial charge < -0.3 is 0 Å². The van der Waals surface area contributed by atoms with Gasteiger partial charge in [-0.15, -0.1) is 0 Å². The van der Waals surface area contributed by atoms with Crippen LogP contribution in [0.15, 0.2) is 52.4 Å². The van der Waals surface area contributed by atoms with Crippen LogP contribution in [-0.2, 0) is 4.79 Å². The number of nitro benzene ring substituents is 1. The molecule has 1 fully saturated rings. The average molecular weight is 416 g/mol. The van der Waals surface area contributed by atoms with E-state index in [1.54, 1.807) is 17.0 Å². The van der Waals surface area contributed by atoms with Crippen LogP contribution in [0.5, 0.6) is 0 Å². The molecule has 0 saturated carbocycles. The number of hydrogen-bond donors (Lipinski definition) is 0. The molecule has 1 saturated heterocycles. The molecule has 1 amide bonds. The molecule has 144 valence electrons. The van der Waals surface area contributed by atoms with Crippen LogP contribution >= 0.6 is 23.4 Å². The highest BCUT2D eigenvalue weighted by atomic mass is 35.5. The van der Waals surface area contributed by atoms with E-state index in [0.29, 0.717) is 15.6 Å². The minimum atomic E-state index is -0.543. The fraction of sp³-hybridized carbons (Fsp3) is 0.200. The Morgan fingerprint density at radius 2 is 1.89 bits per heavy atom. The highest BCUT2D eigenvalue weighted by Crippen LogP contribution is 2.36. The number of thioether (sulfide) groups is 1. The monoisotopic (exact) mass is 415 g/mol. The number of carbonyl (C=O) groups is 1. The van der Waals surface area contributed by atoms with Crippen LogP contribution in [0.3, 0.4) is 0 Å². The molecular formula is C20H18ClN3O3S. The van der Waals surface area contributed by atoms with E-state index in [2.05, 4.69) is 4.99 Å². The number of benzene rings is 2. The van der Waals surface area contributed by atoms with Crippen molar-refractivity contribution < 1.29 is 9.72 Å². The van der Waals surface area contributed by atoms with Crippen molar-refractivity contribution in [2.45, 2.75) is 26.8 Å². The second-order valence-electron chi connectivity index (χ2n) is 6.58. The summed E-state index contributed by atoms with van der Waals surface area (Å²) < 4.78 is 0. The lowest BCUT2D eigenvalue weighted by Crippen LogP contribution is -2.35. The normalized spacial score (nSPS) is 17.2. The average Bonchev–Trinajstić information content (AvgIpc) is 2.93. The lowest BCUT2D eigenvalue weighted by molar-refractivity contribution is -0.384. The Bertz CT molecular complexity index is 1000. The van der Waals surface area contributed by atoms with E-state index >= 15 is 0 Å². The topological polar surface area (TPSA) is 75.8 Å². The van der Waals surface area contributed by atoms with Gasteiger partial charge in [-0.25, -0.2) is 4.99 Å². The van der Waals surface area contributed by atoms with Gasteiger partial charge >= 0.3 is 0 Å². The van der Waals surface area contributed by atoms with Crippen LogP contribution in [0.25, 0.3) is 6.08 Å². The second kappa shape index (κ2) is 8.16. The summed E-state index contributed by atoms with van der Waals surface area (Å²) >= 11 is 7.12. The summed E-state index contributed by atoms with van der Waals surface area (Å²) in [5.41, 5.74) is 2.23. The van der Waals surface area contributed by atoms with Gasteiger partial charge in [0.1, 0.15) is 5.02 Å². The summed E-state index contributed by atoms with van der Waals surface area (Å²) in [6, 6.07) is 12.1. The van der Waals surface area contributed by atoms with E-state index in [1.165, 1.54) is 23.9 Å². The van der Waals surface area contributed by atoms with Gasteiger partial charge in [0.05, 0.1) is 15.5 Å². The summed E-state index contributed by atoms with van der Waals surface area (Å²) in [5.74, 6) is -0.177. The Morgan fingerprint density at radius 1 is 1.21 bits per heavy atom. The SMILES string of the molecule is Cc1ccc(N=C2S/C(=C/c3ccc(Cl)c([N+](=O)[O-])c3)C(=O)N2C(C)C)cc1. The summed E-state index contributed by atoms with van der Waals surface area (Å²) in [5, 5.41) is 11.7. The summed E-state index contributed by atoms with van der Waals surface area (Å²) in [6.45, 7) is 5.83. The van der Waals surface area contributed by atoms with Crippen LogP contribution < -0.4 is 0 Å². The molecule has 0 aromatic heterocycles. The summed E-state index contributed by atoms with van der Waals surface area (Å²) in [4.78, 5) is 30.1. The second-order valence-corrected chi connectivity index (χ2v) is 7.99. The molecule has 2 aromatic rings. The van der Waals surface area contributed by atoms with Gasteiger partial charge in [-0.1, -0.05) is 35.4 Å². The van der Waals surface area contributed by atoms with Gasteiger partial charge in [-0.05, 0) is 62.4 Å². The molecule has 1 heterocycles. The van der Waals surface area contributed by atoms with Gasteiger partial charge in [0.2, 0.25) is 0 Å². The standard InChI is InChI=1S/C20H18ClN3O3S/c1-12(2)23-19(25)18(11-14-6-9-16(21)17(10-14)24(26)27)28-20(23)22-15-7-4-13(3)5-8-15/h4-12H,1-3H3/b18-11+,22-20?. The Morgan fingerprint density at radius 3 is 2.50 bits per heavy atom. The number of aliphatic imine (C=N–C) groups is 1. The number of amides is 1. The highest BCUT2D eigenvalue weighted by molar-refractivity contribution is 8.18. The quantitative estimate of drug-likeness (QED) is 0.371. The van der Waals surface area contributed by atoms with Crippen molar-refractivity contribution in [3.8, 4) is 0 Å². The number of halogens is 1. The van der Waals surface area contributed by atoms with Crippen molar-refractivity contribution in [1.82, 2.24) is 4.90 Å². The molecular weight excluding hydrogens is 398 g/mol. The lowest BCUT2D eigenvalue weighted by Gasteiger charge is -2.19. The molecule has 0 unspecified atom stereocenters. The zero-order chi connectivity index (χ0) is 20.4. The third-order valence-electron chi connectivity index (χ3n) is 4.08. The van der Waals surface area contributed by atoms with Gasteiger partial charge in [0, 0.05) is 12.1 Å². The largest absolute Gasteiger partial charge is 0.288 e. The Kier molecular flexibility index (Phi) is 5.86. The maximum absolute atomic E-state index is 12.9. The van der Waals surface area contributed by atoms with Crippen molar-refractivity contribution in [1.29, 1.82) is 0 Å². The van der Waals surface area contributed by atoms with Gasteiger partial charge in [-0.3, -0.25) is 19.8 Å². The maximum atomic E-state index is 12.9. The Labute approximate surface area is 172 Å². The van der Waals surface area contributed by atoms with E-state index in [4.69, 9.17) is 11.6 Å². The van der Waals surface area contributed by atoms with E-state index < -0.39 is 4.92 Å². The minimum Gasteiger partial charge on any atom is -0.284 e. The van der Waals surface area contributed by atoms with Crippen LogP contribution in [0, 0.1) is 17.0 Å². The molecule has 28 heavy (non-hydrogen) atoms. The van der Waals surface area contributed by atoms with Crippen LogP contribution in [0.1, 0.15) is 25.0 Å². The van der Waals surface area contributed by atoms with Crippen molar-refractivity contribution >= 4 is 51.9 Å². The zero-order valence-electron chi connectivity index (χ0n) is 15.5. The van der Waals surface area contributed by atoms with Crippen LogP contribution in [0.4, 0.5) is 11.4 Å². The molecule has 1 aliphatic heterocycles. The van der Waals surface area contributed by atoms with E-state index in [0.717, 1.165) is 11.3 Å². The third kappa shape index (κ3) is 4.26. The fourth-order valence-electron chi connectivity index (χ4n) is 2.66. The number of aryl methyl sites for hydroxylation is 1. The van der Waals surface area contributed by atoms with Crippen molar-refractivity contribution in [3.05, 3.63) is 73.6 Å². The Balaban J connectivity index is 1.98. The van der Waals surface area contributed by atoms with Gasteiger partial charge in [0.15, 0.2) is 5.17 Å². The molecule has 0 N–H and O–H groups in total. The molecule has 0 radical (unpaired) electrons. The first kappa shape index (κ1) is 20.1. The van der Waals surface area contributed by atoms with Crippen molar-refractivity contribution in [2.24, 2.45) is 4.99 Å². The molecule has 0 spiro atoms. The summed E-state index contributed by atoms with van der Waals surface area (Å²) in [7, 11) is 0. The van der Waals surface area contributed by atoms with Crippen molar-refractivity contribution in [3.63, 3.8) is 0 Å². The predicted molar refractivity (Wildman–Crippen MR) is 114 cm³/mol. The first-order chi connectivity index (χ1) is 13.3. The van der Waals surface area contributed by atoms with Crippen LogP contribution in [-0.4, -0.2) is 26.9 Å². The molecule has 0 bridgehead atoms. The minimum absolute atomic E-state index is 0.0583. The number of hydrogen-bond acceptors (Lipinski definition) is 5. The predicted octanol–water partition coefficient (Wildman–Crippen LogP) is 5.57. The van der Waals surface area contributed by atoms with E-state index in [-0.39, 0.29) is 22.7 Å². The molecule has 2 aromatic carbocycles. The molecule has 1 aliphatic rings. The molecule has 8 heteroatoms. The fourth-order valence-corrected chi connectivity index (χ4v) is 3.97. The smallest absolute Gasteiger partial charge is 0.284 e. The lowest BCUT2D eigenvalue weighted by atomic mass is 10.2. The maximum Gasteiger partial charge on any atom is 0.288 e. The highest BCUT2D eigenvalue weighted by Gasteiger charge is 2.35.